The van der Waals surface area contributed by atoms with E-state index in [4.69, 9.17) is 5.73 Å². The maximum absolute atomic E-state index is 5.95. The van der Waals surface area contributed by atoms with Crippen LogP contribution in [0, 0.1) is 5.92 Å². The normalized spacial score (nSPS) is 16.9. The second kappa shape index (κ2) is 3.81. The average molecular weight is 255 g/mol. The lowest BCUT2D eigenvalue weighted by atomic mass is 9.96. The highest BCUT2D eigenvalue weighted by molar-refractivity contribution is 9.10. The number of benzene rings is 1. The zero-order chi connectivity index (χ0) is 10.1. The summed E-state index contributed by atoms with van der Waals surface area (Å²) in [5.41, 5.74) is 7.99. The molecule has 1 heterocycles. The van der Waals surface area contributed by atoms with Gasteiger partial charge in [0.25, 0.3) is 0 Å². The number of hydrogen-bond donors (Lipinski definition) is 1. The molecule has 0 amide bonds. The summed E-state index contributed by atoms with van der Waals surface area (Å²) >= 11 is 3.41. The third kappa shape index (κ3) is 1.73. The van der Waals surface area contributed by atoms with Crippen molar-refractivity contribution in [2.75, 3.05) is 23.7 Å². The molecule has 0 aromatic heterocycles. The Hall–Kier alpha value is -0.700. The van der Waals surface area contributed by atoms with Crippen molar-refractivity contribution in [1.29, 1.82) is 0 Å². The lowest BCUT2D eigenvalue weighted by molar-refractivity contribution is 0.399. The fraction of sp³-hybridized carbons (Fsp3) is 0.455. The largest absolute Gasteiger partial charge is 0.397 e. The van der Waals surface area contributed by atoms with Crippen molar-refractivity contribution >= 4 is 27.3 Å². The Kier molecular flexibility index (Phi) is 2.68. The van der Waals surface area contributed by atoms with Crippen LogP contribution in [0.3, 0.4) is 0 Å². The Morgan fingerprint density at radius 2 is 2.21 bits per heavy atom. The van der Waals surface area contributed by atoms with Crippen LogP contribution in [0.2, 0.25) is 0 Å². The molecule has 1 aromatic rings. The van der Waals surface area contributed by atoms with Gasteiger partial charge in [0.15, 0.2) is 0 Å². The number of rotatable bonds is 2. The fourth-order valence-corrected chi connectivity index (χ4v) is 2.22. The van der Waals surface area contributed by atoms with Gasteiger partial charge >= 0.3 is 0 Å². The summed E-state index contributed by atoms with van der Waals surface area (Å²) in [5.74, 6) is 0.859. The van der Waals surface area contributed by atoms with Gasteiger partial charge in [0.05, 0.1) is 11.4 Å². The minimum Gasteiger partial charge on any atom is -0.397 e. The molecule has 1 aliphatic heterocycles. The van der Waals surface area contributed by atoms with E-state index in [9.17, 15) is 0 Å². The van der Waals surface area contributed by atoms with Crippen LogP contribution in [0.25, 0.3) is 0 Å². The van der Waals surface area contributed by atoms with Gasteiger partial charge in [0, 0.05) is 17.6 Å². The van der Waals surface area contributed by atoms with Crippen LogP contribution < -0.4 is 10.6 Å². The molecule has 1 aromatic carbocycles. The van der Waals surface area contributed by atoms with E-state index in [1.165, 1.54) is 12.1 Å². The standard InChI is InChI=1S/C11H15BrN2/c1-2-8-6-14(7-8)11-4-3-9(12)5-10(11)13/h3-5,8H,2,6-7,13H2,1H3. The third-order valence-electron chi connectivity index (χ3n) is 2.86. The Labute approximate surface area is 93.2 Å². The first kappa shape index (κ1) is 9.84. The smallest absolute Gasteiger partial charge is 0.0600 e. The van der Waals surface area contributed by atoms with Crippen molar-refractivity contribution in [3.05, 3.63) is 22.7 Å². The lowest BCUT2D eigenvalue weighted by Gasteiger charge is -2.41. The first-order valence-electron chi connectivity index (χ1n) is 5.00. The van der Waals surface area contributed by atoms with Crippen molar-refractivity contribution in [3.8, 4) is 0 Å². The van der Waals surface area contributed by atoms with Crippen LogP contribution >= 0.6 is 15.9 Å². The molecule has 0 aliphatic carbocycles. The predicted molar refractivity (Wildman–Crippen MR) is 64.5 cm³/mol. The Morgan fingerprint density at radius 1 is 1.50 bits per heavy atom. The van der Waals surface area contributed by atoms with Crippen molar-refractivity contribution in [3.63, 3.8) is 0 Å². The number of nitrogen functional groups attached to an aromatic ring is 1. The van der Waals surface area contributed by atoms with Crippen molar-refractivity contribution in [1.82, 2.24) is 0 Å². The molecular weight excluding hydrogens is 240 g/mol. The van der Waals surface area contributed by atoms with Crippen LogP contribution in [0.1, 0.15) is 13.3 Å². The number of hydrogen-bond acceptors (Lipinski definition) is 2. The number of anilines is 2. The van der Waals surface area contributed by atoms with Gasteiger partial charge in [0.1, 0.15) is 0 Å². The zero-order valence-corrected chi connectivity index (χ0v) is 9.92. The molecule has 2 N–H and O–H groups in total. The van der Waals surface area contributed by atoms with E-state index in [-0.39, 0.29) is 0 Å². The van der Waals surface area contributed by atoms with Gasteiger partial charge in [-0.05, 0) is 30.5 Å². The summed E-state index contributed by atoms with van der Waals surface area (Å²) in [4.78, 5) is 2.34. The van der Waals surface area contributed by atoms with Gasteiger partial charge in [-0.3, -0.25) is 0 Å². The quantitative estimate of drug-likeness (QED) is 0.823. The Balaban J connectivity index is 2.11. The van der Waals surface area contributed by atoms with E-state index >= 15 is 0 Å². The number of nitrogens with two attached hydrogens (primary N) is 1. The maximum atomic E-state index is 5.95. The van der Waals surface area contributed by atoms with Crippen LogP contribution in [0.4, 0.5) is 11.4 Å². The average Bonchev–Trinajstić information content (AvgIpc) is 2.06. The summed E-state index contributed by atoms with van der Waals surface area (Å²) in [7, 11) is 0. The first-order valence-corrected chi connectivity index (χ1v) is 5.80. The predicted octanol–water partition coefficient (Wildman–Crippen LogP) is 2.88. The van der Waals surface area contributed by atoms with E-state index in [1.807, 2.05) is 12.1 Å². The summed E-state index contributed by atoms with van der Waals surface area (Å²) in [6, 6.07) is 6.10. The minimum absolute atomic E-state index is 0.859. The molecule has 14 heavy (non-hydrogen) atoms. The van der Waals surface area contributed by atoms with Crippen molar-refractivity contribution in [2.24, 2.45) is 5.92 Å². The highest BCUT2D eigenvalue weighted by atomic mass is 79.9. The lowest BCUT2D eigenvalue weighted by Crippen LogP contribution is -2.46. The van der Waals surface area contributed by atoms with Gasteiger partial charge in [0.2, 0.25) is 0 Å². The van der Waals surface area contributed by atoms with E-state index in [1.54, 1.807) is 0 Å². The van der Waals surface area contributed by atoms with Gasteiger partial charge in [-0.1, -0.05) is 22.9 Å². The van der Waals surface area contributed by atoms with Crippen molar-refractivity contribution in [2.45, 2.75) is 13.3 Å². The molecule has 0 spiro atoms. The SMILES string of the molecule is CCC1CN(c2ccc(Br)cc2N)C1. The second-order valence-corrected chi connectivity index (χ2v) is 4.80. The van der Waals surface area contributed by atoms with Crippen LogP contribution in [-0.4, -0.2) is 13.1 Å². The molecule has 0 atom stereocenters. The molecule has 0 saturated carbocycles. The van der Waals surface area contributed by atoms with Gasteiger partial charge in [-0.15, -0.1) is 0 Å². The zero-order valence-electron chi connectivity index (χ0n) is 8.33. The molecular formula is C11H15BrN2. The van der Waals surface area contributed by atoms with Crippen LogP contribution in [-0.2, 0) is 0 Å². The fourth-order valence-electron chi connectivity index (χ4n) is 1.84. The molecule has 2 rings (SSSR count). The molecule has 3 heteroatoms. The molecule has 0 radical (unpaired) electrons. The molecule has 1 aliphatic rings. The van der Waals surface area contributed by atoms with Gasteiger partial charge in [-0.25, -0.2) is 0 Å². The highest BCUT2D eigenvalue weighted by Crippen LogP contribution is 2.32. The highest BCUT2D eigenvalue weighted by Gasteiger charge is 2.26. The summed E-state index contributed by atoms with van der Waals surface area (Å²) < 4.78 is 1.05. The van der Waals surface area contributed by atoms with E-state index < -0.39 is 0 Å². The second-order valence-electron chi connectivity index (χ2n) is 3.88. The minimum atomic E-state index is 0.859. The molecule has 0 unspecified atom stereocenters. The Morgan fingerprint density at radius 3 is 2.79 bits per heavy atom. The summed E-state index contributed by atoms with van der Waals surface area (Å²) in [6.45, 7) is 4.55. The van der Waals surface area contributed by atoms with Crippen molar-refractivity contribution < 1.29 is 0 Å². The number of halogens is 1. The Bertz CT molecular complexity index is 332. The maximum Gasteiger partial charge on any atom is 0.0600 e. The summed E-state index contributed by atoms with van der Waals surface area (Å²) in [6.07, 6.45) is 1.27. The summed E-state index contributed by atoms with van der Waals surface area (Å²) in [5, 5.41) is 0. The number of nitrogens with zero attached hydrogens (tertiary/aromatic N) is 1. The molecule has 1 fully saturated rings. The first-order chi connectivity index (χ1) is 6.70. The van der Waals surface area contributed by atoms with E-state index in [2.05, 4.69) is 33.8 Å². The topological polar surface area (TPSA) is 29.3 Å². The van der Waals surface area contributed by atoms with E-state index in [0.717, 1.165) is 29.2 Å². The molecule has 76 valence electrons. The van der Waals surface area contributed by atoms with Crippen LogP contribution in [0.15, 0.2) is 22.7 Å². The monoisotopic (exact) mass is 254 g/mol. The molecule has 2 nitrogen and oxygen atoms in total. The molecule has 1 saturated heterocycles. The van der Waals surface area contributed by atoms with Gasteiger partial charge in [-0.2, -0.15) is 0 Å². The third-order valence-corrected chi connectivity index (χ3v) is 3.36. The van der Waals surface area contributed by atoms with Crippen LogP contribution in [0.5, 0.6) is 0 Å². The van der Waals surface area contributed by atoms with E-state index in [0.29, 0.717) is 0 Å². The molecule has 0 bridgehead atoms. The van der Waals surface area contributed by atoms with Gasteiger partial charge < -0.3 is 10.6 Å².